The van der Waals surface area contributed by atoms with Crippen molar-refractivity contribution in [3.8, 4) is 0 Å². The van der Waals surface area contributed by atoms with Gasteiger partial charge in [0.05, 0.1) is 17.1 Å². The number of rotatable bonds is 4. The molecule has 0 unspecified atom stereocenters. The Labute approximate surface area is 122 Å². The summed E-state index contributed by atoms with van der Waals surface area (Å²) in [7, 11) is 0. The second-order valence-electron chi connectivity index (χ2n) is 4.74. The topological polar surface area (TPSA) is 53.4 Å². The van der Waals surface area contributed by atoms with Crippen molar-refractivity contribution in [2.75, 3.05) is 11.4 Å². The molecule has 5 heteroatoms. The van der Waals surface area contributed by atoms with Crippen LogP contribution in [0, 0.1) is 19.7 Å². The molecular formula is C16H17FN2O2. The van der Waals surface area contributed by atoms with Gasteiger partial charge in [0.15, 0.2) is 0 Å². The van der Waals surface area contributed by atoms with Gasteiger partial charge in [-0.25, -0.2) is 9.18 Å². The van der Waals surface area contributed by atoms with E-state index in [0.717, 1.165) is 0 Å². The lowest BCUT2D eigenvalue weighted by Gasteiger charge is -2.26. The van der Waals surface area contributed by atoms with Gasteiger partial charge in [0.1, 0.15) is 11.4 Å². The van der Waals surface area contributed by atoms with Crippen LogP contribution >= 0.6 is 0 Å². The van der Waals surface area contributed by atoms with Crippen LogP contribution in [0.1, 0.15) is 28.7 Å². The number of carboxylic acid groups (broad SMARTS) is 1. The number of aromatic nitrogens is 1. The van der Waals surface area contributed by atoms with Crippen LogP contribution < -0.4 is 4.90 Å². The van der Waals surface area contributed by atoms with E-state index in [0.29, 0.717) is 29.3 Å². The Morgan fingerprint density at radius 3 is 2.52 bits per heavy atom. The lowest BCUT2D eigenvalue weighted by Crippen LogP contribution is -2.21. The van der Waals surface area contributed by atoms with Crippen LogP contribution in [0.4, 0.5) is 15.8 Å². The van der Waals surface area contributed by atoms with Crippen LogP contribution in [0.2, 0.25) is 0 Å². The van der Waals surface area contributed by atoms with Crippen molar-refractivity contribution in [3.05, 3.63) is 53.1 Å². The molecule has 0 bridgehead atoms. The molecule has 0 amide bonds. The van der Waals surface area contributed by atoms with Crippen LogP contribution in [0.15, 0.2) is 30.3 Å². The first kappa shape index (κ1) is 15.0. The molecule has 4 nitrogen and oxygen atoms in total. The number of para-hydroxylation sites is 1. The molecule has 0 radical (unpaired) electrons. The number of benzene rings is 1. The zero-order valence-electron chi connectivity index (χ0n) is 12.2. The third kappa shape index (κ3) is 2.86. The monoisotopic (exact) mass is 288 g/mol. The first-order valence-corrected chi connectivity index (χ1v) is 6.69. The number of halogens is 1. The second kappa shape index (κ2) is 5.91. The normalized spacial score (nSPS) is 10.5. The Bertz CT molecular complexity index is 686. The molecule has 21 heavy (non-hydrogen) atoms. The predicted octanol–water partition coefficient (Wildman–Crippen LogP) is 3.69. The quantitative estimate of drug-likeness (QED) is 0.932. The van der Waals surface area contributed by atoms with E-state index in [-0.39, 0.29) is 11.4 Å². The van der Waals surface area contributed by atoms with Crippen molar-refractivity contribution in [2.24, 2.45) is 0 Å². The van der Waals surface area contributed by atoms with Gasteiger partial charge in [-0.05, 0) is 39.0 Å². The Morgan fingerprint density at radius 2 is 1.95 bits per heavy atom. The van der Waals surface area contributed by atoms with E-state index in [2.05, 4.69) is 4.98 Å². The number of anilines is 2. The molecule has 0 aliphatic rings. The molecule has 0 saturated heterocycles. The lowest BCUT2D eigenvalue weighted by molar-refractivity contribution is 0.0696. The first-order valence-electron chi connectivity index (χ1n) is 6.69. The molecule has 0 atom stereocenters. The summed E-state index contributed by atoms with van der Waals surface area (Å²) >= 11 is 0. The standard InChI is InChI=1S/C16H17FN2O2/c1-4-19(13-8-6-5-7-12(13)17)14-9-10(2)18-11(3)15(14)16(20)21/h5-9H,4H2,1-3H3,(H,20,21). The van der Waals surface area contributed by atoms with Gasteiger partial charge in [0.25, 0.3) is 0 Å². The maximum Gasteiger partial charge on any atom is 0.339 e. The molecule has 0 aliphatic carbocycles. The minimum atomic E-state index is -1.07. The van der Waals surface area contributed by atoms with Crippen molar-refractivity contribution in [2.45, 2.75) is 20.8 Å². The Morgan fingerprint density at radius 1 is 1.29 bits per heavy atom. The van der Waals surface area contributed by atoms with E-state index >= 15 is 0 Å². The molecule has 0 saturated carbocycles. The van der Waals surface area contributed by atoms with Gasteiger partial charge in [0, 0.05) is 12.2 Å². The summed E-state index contributed by atoms with van der Waals surface area (Å²) in [6.45, 7) is 5.74. The molecule has 0 spiro atoms. The summed E-state index contributed by atoms with van der Waals surface area (Å²) in [5.41, 5.74) is 2.04. The highest BCUT2D eigenvalue weighted by Crippen LogP contribution is 2.32. The van der Waals surface area contributed by atoms with Gasteiger partial charge in [-0.3, -0.25) is 4.98 Å². The summed E-state index contributed by atoms with van der Waals surface area (Å²) in [6.07, 6.45) is 0. The Kier molecular flexibility index (Phi) is 4.21. The van der Waals surface area contributed by atoms with Gasteiger partial charge < -0.3 is 10.0 Å². The molecule has 0 fully saturated rings. The molecular weight excluding hydrogens is 271 g/mol. The molecule has 1 aromatic heterocycles. The number of carboxylic acids is 1. The molecule has 2 rings (SSSR count). The van der Waals surface area contributed by atoms with Crippen molar-refractivity contribution in [1.29, 1.82) is 0 Å². The van der Waals surface area contributed by atoms with E-state index in [1.807, 2.05) is 6.92 Å². The fraction of sp³-hybridized carbons (Fsp3) is 0.250. The van der Waals surface area contributed by atoms with E-state index < -0.39 is 5.97 Å². The number of aryl methyl sites for hydroxylation is 2. The molecule has 0 aliphatic heterocycles. The highest BCUT2D eigenvalue weighted by molar-refractivity contribution is 5.96. The highest BCUT2D eigenvalue weighted by atomic mass is 19.1. The SMILES string of the molecule is CCN(c1ccccc1F)c1cc(C)nc(C)c1C(=O)O. The van der Waals surface area contributed by atoms with Crippen molar-refractivity contribution in [1.82, 2.24) is 4.98 Å². The summed E-state index contributed by atoms with van der Waals surface area (Å²) in [4.78, 5) is 17.4. The second-order valence-corrected chi connectivity index (χ2v) is 4.74. The van der Waals surface area contributed by atoms with E-state index in [1.54, 1.807) is 43.0 Å². The highest BCUT2D eigenvalue weighted by Gasteiger charge is 2.21. The van der Waals surface area contributed by atoms with Gasteiger partial charge in [-0.15, -0.1) is 0 Å². The third-order valence-corrected chi connectivity index (χ3v) is 3.27. The minimum absolute atomic E-state index is 0.103. The fourth-order valence-electron chi connectivity index (χ4n) is 2.43. The predicted molar refractivity (Wildman–Crippen MR) is 79.8 cm³/mol. The van der Waals surface area contributed by atoms with Crippen molar-refractivity contribution < 1.29 is 14.3 Å². The van der Waals surface area contributed by atoms with Gasteiger partial charge >= 0.3 is 5.97 Å². The lowest BCUT2D eigenvalue weighted by atomic mass is 10.1. The maximum absolute atomic E-state index is 14.0. The summed E-state index contributed by atoms with van der Waals surface area (Å²) in [6, 6.07) is 8.00. The average molecular weight is 288 g/mol. The molecule has 1 N–H and O–H groups in total. The summed E-state index contributed by atoms with van der Waals surface area (Å²) in [5, 5.41) is 9.44. The van der Waals surface area contributed by atoms with Crippen LogP contribution in [-0.4, -0.2) is 22.6 Å². The number of pyridine rings is 1. The Balaban J connectivity index is 2.68. The first-order chi connectivity index (χ1) is 9.95. The largest absolute Gasteiger partial charge is 0.478 e. The van der Waals surface area contributed by atoms with Gasteiger partial charge in [-0.1, -0.05) is 12.1 Å². The molecule has 1 heterocycles. The van der Waals surface area contributed by atoms with Crippen molar-refractivity contribution in [3.63, 3.8) is 0 Å². The number of carbonyl (C=O) groups is 1. The van der Waals surface area contributed by atoms with Crippen molar-refractivity contribution >= 4 is 17.3 Å². The average Bonchev–Trinajstić information content (AvgIpc) is 2.40. The molecule has 2 aromatic rings. The molecule has 1 aromatic carbocycles. The Hall–Kier alpha value is -2.43. The number of aromatic carboxylic acids is 1. The molecule has 110 valence electrons. The zero-order valence-corrected chi connectivity index (χ0v) is 12.2. The van der Waals surface area contributed by atoms with E-state index in [1.165, 1.54) is 6.07 Å². The van der Waals surface area contributed by atoms with Gasteiger partial charge in [0.2, 0.25) is 0 Å². The number of nitrogens with zero attached hydrogens (tertiary/aromatic N) is 2. The van der Waals surface area contributed by atoms with Crippen LogP contribution in [0.3, 0.4) is 0 Å². The van der Waals surface area contributed by atoms with E-state index in [9.17, 15) is 14.3 Å². The van der Waals surface area contributed by atoms with Gasteiger partial charge in [-0.2, -0.15) is 0 Å². The van der Waals surface area contributed by atoms with Crippen LogP contribution in [0.5, 0.6) is 0 Å². The smallest absolute Gasteiger partial charge is 0.339 e. The maximum atomic E-state index is 14.0. The zero-order chi connectivity index (χ0) is 15.6. The summed E-state index contributed by atoms with van der Waals surface area (Å²) < 4.78 is 14.0. The summed E-state index contributed by atoms with van der Waals surface area (Å²) in [5.74, 6) is -1.45. The fourth-order valence-corrected chi connectivity index (χ4v) is 2.43. The third-order valence-electron chi connectivity index (χ3n) is 3.27. The minimum Gasteiger partial charge on any atom is -0.478 e. The van der Waals surface area contributed by atoms with E-state index in [4.69, 9.17) is 0 Å². The number of hydrogen-bond donors (Lipinski definition) is 1. The van der Waals surface area contributed by atoms with Crippen LogP contribution in [-0.2, 0) is 0 Å². The van der Waals surface area contributed by atoms with Crippen LogP contribution in [0.25, 0.3) is 0 Å². The number of hydrogen-bond acceptors (Lipinski definition) is 3.